The summed E-state index contributed by atoms with van der Waals surface area (Å²) >= 11 is 12.8. The number of phenols is 4. The van der Waals surface area contributed by atoms with Crippen molar-refractivity contribution in [3.8, 4) is 78.6 Å². The van der Waals surface area contributed by atoms with Crippen LogP contribution in [0.2, 0.25) is 10.0 Å². The molecule has 11 heterocycles. The van der Waals surface area contributed by atoms with Gasteiger partial charge in [-0.15, -0.1) is 0 Å². The van der Waals surface area contributed by atoms with Crippen LogP contribution in [0.1, 0.15) is 90.7 Å². The minimum absolute atomic E-state index is 0.00959. The summed E-state index contributed by atoms with van der Waals surface area (Å²) in [5.41, 5.74) is 18.6. The molecular weight excluding hydrogens is 1770 g/mol. The van der Waals surface area contributed by atoms with Crippen LogP contribution < -0.4 is 0 Å². The molecular formula is C107H93Cl2FN12O14. The standard InChI is InChI=1S/C24H19ClN2O3.C22H20N4O2.C21H20N2O3.C20H17ClN2O3.C20H17FN2O3/c1-2-23(29)26-11-16(12-26)27-13-21-20(24(27)30)8-15(9-22(21)25)19-10-17(28)7-14-5-3-4-6-18(14)19;1-3-19(27)25-11-17(12-25)26-10-16-7-6-14(8-18(16)22(26)28)20-13(2)4-5-15-9-23-24-21(15)20;1-3-20(25)22-11-16(12-22)23-10-15-6-5-14(8-19(15)21(23)26)18-9-17(24)7-4-13(18)2;1-2-19(25)22-10-14(11-22)23-9-13-4-3-12(7-17(13)20(23)26)16-8-15(24)5-6-18(16)21;1-2-18(25)22-10-14(11-22)23-9-13-7-6-12(8-15(13)20(23)26)19-16(21)4-3-5-17(19)24/h2-10,16,28H,1,11-13H2;3-9,17H,1,10-12H2,2H3,(H,23,24);3-9,16,24H,1,10-12H2,2H3;2*2-8,14,24H,1,9-11H2. The number of amides is 10. The lowest BCUT2D eigenvalue weighted by molar-refractivity contribution is -0.133. The molecule has 10 amide bonds. The van der Waals surface area contributed by atoms with Gasteiger partial charge in [-0.3, -0.25) is 53.0 Å². The van der Waals surface area contributed by atoms with E-state index in [1.165, 1.54) is 54.6 Å². The number of H-pyrrole nitrogens is 1. The van der Waals surface area contributed by atoms with Gasteiger partial charge in [0.1, 0.15) is 28.8 Å². The van der Waals surface area contributed by atoms with E-state index in [-0.39, 0.29) is 118 Å². The smallest absolute Gasteiger partial charge is 0.254 e. The number of rotatable bonds is 15. The Bertz CT molecular complexity index is 6930. The summed E-state index contributed by atoms with van der Waals surface area (Å²) in [7, 11) is 0. The van der Waals surface area contributed by atoms with Crippen LogP contribution in [-0.4, -0.2) is 234 Å². The summed E-state index contributed by atoms with van der Waals surface area (Å²) in [4.78, 5) is 140. The number of halogens is 3. The number of aromatic amines is 1. The second-order valence-electron chi connectivity index (χ2n) is 35.2. The summed E-state index contributed by atoms with van der Waals surface area (Å²) in [5.74, 6) is -0.920. The zero-order valence-corrected chi connectivity index (χ0v) is 75.8. The lowest BCUT2D eigenvalue weighted by atomic mass is 9.95. The van der Waals surface area contributed by atoms with E-state index in [2.05, 4.69) is 62.1 Å². The van der Waals surface area contributed by atoms with Crippen LogP contribution in [0.3, 0.4) is 0 Å². The molecule has 0 atom stereocenters. The van der Waals surface area contributed by atoms with Gasteiger partial charge in [0.2, 0.25) is 29.5 Å². The number of fused-ring (bicyclic) bond motifs is 7. The maximum Gasteiger partial charge on any atom is 0.254 e. The maximum absolute atomic E-state index is 14.1. The summed E-state index contributed by atoms with van der Waals surface area (Å²) in [5, 5.41) is 50.9. The van der Waals surface area contributed by atoms with Crippen molar-refractivity contribution in [3.05, 3.63) is 340 Å². The van der Waals surface area contributed by atoms with Crippen LogP contribution in [0, 0.1) is 19.7 Å². The third-order valence-corrected chi connectivity index (χ3v) is 27.7. The van der Waals surface area contributed by atoms with Gasteiger partial charge >= 0.3 is 0 Å². The topological polar surface area (TPSA) is 313 Å². The molecule has 12 aromatic rings. The van der Waals surface area contributed by atoms with E-state index in [0.717, 1.165) is 105 Å². The first kappa shape index (κ1) is 90.8. The van der Waals surface area contributed by atoms with Crippen molar-refractivity contribution in [1.82, 2.24) is 59.2 Å². The maximum atomic E-state index is 14.1. The van der Waals surface area contributed by atoms with E-state index in [4.69, 9.17) is 23.2 Å². The second-order valence-corrected chi connectivity index (χ2v) is 36.1. The van der Waals surface area contributed by atoms with Crippen molar-refractivity contribution in [2.24, 2.45) is 0 Å². The predicted molar refractivity (Wildman–Crippen MR) is 515 cm³/mol. The summed E-state index contributed by atoms with van der Waals surface area (Å²) in [6, 6.07) is 56.1. The molecule has 29 heteroatoms. The van der Waals surface area contributed by atoms with Crippen molar-refractivity contribution in [2.75, 3.05) is 65.4 Å². The predicted octanol–water partition coefficient (Wildman–Crippen LogP) is 15.4. The first-order chi connectivity index (χ1) is 65.5. The number of carbonyl (C=O) groups excluding carboxylic acids is 10. The number of hydrogen-bond acceptors (Lipinski definition) is 15. The van der Waals surface area contributed by atoms with Gasteiger partial charge in [-0.25, -0.2) is 4.39 Å². The van der Waals surface area contributed by atoms with Crippen LogP contribution in [-0.2, 0) is 56.7 Å². The molecule has 686 valence electrons. The Morgan fingerprint density at radius 3 is 1.20 bits per heavy atom. The van der Waals surface area contributed by atoms with E-state index in [1.54, 1.807) is 88.9 Å². The van der Waals surface area contributed by atoms with Gasteiger partial charge in [-0.2, -0.15) is 5.10 Å². The number of hydrogen-bond donors (Lipinski definition) is 5. The molecule has 22 rings (SSSR count). The van der Waals surface area contributed by atoms with Crippen LogP contribution in [0.15, 0.2) is 258 Å². The van der Waals surface area contributed by atoms with Crippen LogP contribution in [0.25, 0.3) is 77.3 Å². The molecule has 5 fully saturated rings. The number of likely N-dealkylation sites (tertiary alicyclic amines) is 5. The minimum atomic E-state index is -0.537. The molecule has 0 unspecified atom stereocenters. The van der Waals surface area contributed by atoms with E-state index >= 15 is 0 Å². The Morgan fingerprint density at radius 1 is 0.360 bits per heavy atom. The summed E-state index contributed by atoms with van der Waals surface area (Å²) in [6.07, 6.45) is 8.29. The van der Waals surface area contributed by atoms with Gasteiger partial charge in [0.25, 0.3) is 29.5 Å². The molecule has 0 aliphatic carbocycles. The number of nitrogens with zero attached hydrogens (tertiary/aromatic N) is 11. The fraction of sp³-hybridized carbons (Fsp3) is 0.206. The monoisotopic (exact) mass is 1860 g/mol. The quantitative estimate of drug-likeness (QED) is 0.0596. The third-order valence-electron chi connectivity index (χ3n) is 27.1. The van der Waals surface area contributed by atoms with Crippen molar-refractivity contribution in [3.63, 3.8) is 0 Å². The number of phenolic OH excluding ortho intramolecular Hbond substituents is 4. The van der Waals surface area contributed by atoms with E-state index in [9.17, 15) is 72.8 Å². The summed E-state index contributed by atoms with van der Waals surface area (Å²) < 4.78 is 14.1. The Balaban J connectivity index is 0.000000113. The number of carbonyl (C=O) groups is 10. The molecule has 0 bridgehead atoms. The van der Waals surface area contributed by atoms with Crippen molar-refractivity contribution >= 4 is 104 Å². The van der Waals surface area contributed by atoms with Gasteiger partial charge in [0.15, 0.2) is 0 Å². The van der Waals surface area contributed by atoms with Gasteiger partial charge in [-0.05, 0) is 218 Å². The molecule has 0 spiro atoms. The molecule has 136 heavy (non-hydrogen) atoms. The van der Waals surface area contributed by atoms with Crippen molar-refractivity contribution in [2.45, 2.75) is 76.8 Å². The van der Waals surface area contributed by atoms with Crippen molar-refractivity contribution < 1.29 is 72.8 Å². The van der Waals surface area contributed by atoms with Gasteiger partial charge < -0.3 is 69.4 Å². The average molecular weight is 1860 g/mol. The Labute approximate surface area is 792 Å². The third kappa shape index (κ3) is 17.1. The van der Waals surface area contributed by atoms with Gasteiger partial charge in [-0.1, -0.05) is 153 Å². The lowest BCUT2D eigenvalue weighted by Crippen LogP contribution is -2.60. The second kappa shape index (κ2) is 37.0. The number of benzene rings is 11. The average Bonchev–Trinajstić information content (AvgIpc) is 1.58. The van der Waals surface area contributed by atoms with Crippen LogP contribution >= 0.6 is 23.2 Å². The van der Waals surface area contributed by atoms with Crippen molar-refractivity contribution in [1.29, 1.82) is 0 Å². The molecule has 10 aliphatic heterocycles. The Kier molecular flexibility index (Phi) is 24.7. The fourth-order valence-corrected chi connectivity index (χ4v) is 19.7. The normalized spacial score (nSPS) is 16.3. The number of nitrogens with one attached hydrogen (secondary N) is 1. The molecule has 5 saturated heterocycles. The van der Waals surface area contributed by atoms with E-state index in [0.29, 0.717) is 142 Å². The number of aromatic nitrogens is 2. The van der Waals surface area contributed by atoms with Gasteiger partial charge in [0.05, 0.1) is 47.5 Å². The number of aromatic hydroxyl groups is 4. The van der Waals surface area contributed by atoms with Gasteiger partial charge in [0, 0.05) is 158 Å². The highest BCUT2D eigenvalue weighted by molar-refractivity contribution is 6.33. The molecule has 1 aromatic heterocycles. The van der Waals surface area contributed by atoms with E-state index in [1.807, 2.05) is 125 Å². The molecule has 26 nitrogen and oxygen atoms in total. The zero-order valence-electron chi connectivity index (χ0n) is 74.3. The number of aryl methyl sites for hydroxylation is 2. The molecule has 10 aliphatic rings. The molecule has 0 radical (unpaired) electrons. The first-order valence-electron chi connectivity index (χ1n) is 44.3. The highest BCUT2D eigenvalue weighted by atomic mass is 35.5. The fourth-order valence-electron chi connectivity index (χ4n) is 19.2. The largest absolute Gasteiger partial charge is 0.508 e. The van der Waals surface area contributed by atoms with E-state index < -0.39 is 5.82 Å². The van der Waals surface area contributed by atoms with Crippen LogP contribution in [0.5, 0.6) is 23.0 Å². The summed E-state index contributed by atoms with van der Waals surface area (Å²) in [6.45, 7) is 29.5. The zero-order chi connectivity index (χ0) is 95.7. The first-order valence-corrected chi connectivity index (χ1v) is 45.1. The van der Waals surface area contributed by atoms with Crippen LogP contribution in [0.4, 0.5) is 4.39 Å². The SMILES string of the molecule is C=CC(=O)N1CC(N2Cc3c(Cl)cc(-c4cc(O)cc5ccccc45)cc3C2=O)C1.C=CC(=O)N1CC(N2Cc3ccc(-c4c(C)ccc5cn[nH]c45)cc3C2=O)C1.C=CC(=O)N1CC(N2Cc3ccc(-c4c(O)cccc4F)cc3C2=O)C1.C=CC(=O)N1CC(N2Cc3ccc(-c4cc(O)ccc4C)cc3C2=O)C1.C=CC(=O)N1CC(N2Cc3ccc(-c4cc(O)ccc4Cl)cc3C2=O)C1. The Morgan fingerprint density at radius 2 is 0.743 bits per heavy atom. The molecule has 0 saturated carbocycles. The Hall–Kier alpha value is -15.7. The molecule has 5 N–H and O–H groups in total. The highest BCUT2D eigenvalue weighted by Gasteiger charge is 2.47. The highest BCUT2D eigenvalue weighted by Crippen LogP contribution is 2.45. The molecule has 11 aromatic carbocycles. The lowest BCUT2D eigenvalue weighted by Gasteiger charge is -2.43. The minimum Gasteiger partial charge on any atom is -0.508 e.